The number of para-hydroxylation sites is 2. The van der Waals surface area contributed by atoms with Crippen molar-refractivity contribution in [2.75, 3.05) is 26.9 Å². The summed E-state index contributed by atoms with van der Waals surface area (Å²) in [5.41, 5.74) is -1.23. The monoisotopic (exact) mass is 404 g/mol. The van der Waals surface area contributed by atoms with E-state index >= 15 is 0 Å². The normalized spacial score (nSPS) is 21.9. The summed E-state index contributed by atoms with van der Waals surface area (Å²) in [4.78, 5) is 0. The molecule has 0 amide bonds. The Kier molecular flexibility index (Phi) is 8.58. The van der Waals surface area contributed by atoms with Gasteiger partial charge in [0, 0.05) is 13.7 Å². The zero-order valence-corrected chi connectivity index (χ0v) is 16.4. The lowest BCUT2D eigenvalue weighted by Crippen LogP contribution is -2.59. The Labute approximate surface area is 160 Å². The van der Waals surface area contributed by atoms with Crippen molar-refractivity contribution in [1.29, 1.82) is 0 Å². The highest BCUT2D eigenvalue weighted by atomic mass is 35.5. The van der Waals surface area contributed by atoms with E-state index in [9.17, 15) is 8.42 Å². The van der Waals surface area contributed by atoms with Crippen molar-refractivity contribution in [3.8, 4) is 11.5 Å². The van der Waals surface area contributed by atoms with Gasteiger partial charge in [-0.3, -0.25) is 5.32 Å². The minimum atomic E-state index is -3.84. The molecular weight excluding hydrogens is 380 g/mol. The van der Waals surface area contributed by atoms with Crippen LogP contribution >= 0.6 is 12.4 Å². The molecule has 1 aliphatic carbocycles. The predicted octanol–water partition coefficient (Wildman–Crippen LogP) is 1.60. The molecule has 26 heavy (non-hydrogen) atoms. The van der Waals surface area contributed by atoms with Crippen molar-refractivity contribution in [2.45, 2.75) is 17.9 Å². The largest absolute Gasteiger partial charge is 0.490 e. The number of nitrogens with two attached hydrogens (primary N) is 1. The maximum atomic E-state index is 11.9. The number of primary sulfonamides is 1. The van der Waals surface area contributed by atoms with E-state index in [2.05, 4.69) is 5.32 Å². The van der Waals surface area contributed by atoms with Crippen LogP contribution in [0.3, 0.4) is 0 Å². The number of ether oxygens (including phenoxy) is 3. The molecule has 0 aliphatic heterocycles. The lowest BCUT2D eigenvalue weighted by Gasteiger charge is -2.36. The first kappa shape index (κ1) is 22.5. The van der Waals surface area contributed by atoms with E-state index in [4.69, 9.17) is 19.3 Å². The smallest absolute Gasteiger partial charge is 0.220 e. The number of halogens is 1. The second-order valence-electron chi connectivity index (χ2n) is 5.41. The molecule has 146 valence electrons. The maximum absolute atomic E-state index is 11.9. The average Bonchev–Trinajstić information content (AvgIpc) is 2.59. The molecule has 0 radical (unpaired) electrons. The number of hydrogen-bond acceptors (Lipinski definition) is 6. The minimum absolute atomic E-state index is 0. The van der Waals surface area contributed by atoms with Gasteiger partial charge in [-0.15, -0.1) is 12.4 Å². The van der Waals surface area contributed by atoms with Gasteiger partial charge < -0.3 is 14.2 Å². The fourth-order valence-corrected chi connectivity index (χ4v) is 3.68. The maximum Gasteiger partial charge on any atom is 0.220 e. The number of allylic oxidation sites excluding steroid dienone is 2. The van der Waals surface area contributed by atoms with Crippen LogP contribution in [0.25, 0.3) is 0 Å². The van der Waals surface area contributed by atoms with E-state index in [0.29, 0.717) is 31.3 Å². The Bertz CT molecular complexity index is 738. The Morgan fingerprint density at radius 3 is 2.42 bits per heavy atom. The molecule has 2 unspecified atom stereocenters. The summed E-state index contributed by atoms with van der Waals surface area (Å²) in [6, 6.07) is 7.36. The number of benzene rings is 1. The van der Waals surface area contributed by atoms with Gasteiger partial charge in [0.1, 0.15) is 11.9 Å². The zero-order valence-electron chi connectivity index (χ0n) is 14.8. The van der Waals surface area contributed by atoms with E-state index in [1.807, 2.05) is 31.2 Å². The molecule has 1 aromatic rings. The fraction of sp³-hybridized carbons (Fsp3) is 0.412. The lowest BCUT2D eigenvalue weighted by molar-refractivity contribution is 0.00468. The molecule has 0 bridgehead atoms. The number of methoxy groups -OCH3 is 1. The number of hydrogen-bond donors (Lipinski definition) is 2. The van der Waals surface area contributed by atoms with E-state index in [1.54, 1.807) is 18.2 Å². The first-order valence-electron chi connectivity index (χ1n) is 7.95. The summed E-state index contributed by atoms with van der Waals surface area (Å²) in [6.45, 7) is 3.08. The van der Waals surface area contributed by atoms with Gasteiger partial charge in [0.15, 0.2) is 17.2 Å². The SMILES string of the molecule is CCOc1ccccc1OCCNC1(OC)C=CC=CC1S(N)(=O)=O.Cl. The Morgan fingerprint density at radius 2 is 1.85 bits per heavy atom. The first-order valence-corrected chi connectivity index (χ1v) is 9.56. The van der Waals surface area contributed by atoms with Crippen LogP contribution in [0.2, 0.25) is 0 Å². The molecule has 1 aliphatic rings. The lowest BCUT2D eigenvalue weighted by atomic mass is 10.0. The summed E-state index contributed by atoms with van der Waals surface area (Å²) in [5, 5.41) is 7.38. The van der Waals surface area contributed by atoms with Gasteiger partial charge in [-0.25, -0.2) is 13.6 Å². The van der Waals surface area contributed by atoms with Crippen LogP contribution in [0, 0.1) is 0 Å². The van der Waals surface area contributed by atoms with Gasteiger partial charge in [-0.2, -0.15) is 0 Å². The van der Waals surface area contributed by atoms with Crippen molar-refractivity contribution >= 4 is 22.4 Å². The highest BCUT2D eigenvalue weighted by Gasteiger charge is 2.42. The number of nitrogens with one attached hydrogen (secondary N) is 1. The second kappa shape index (κ2) is 9.94. The minimum Gasteiger partial charge on any atom is -0.490 e. The third-order valence-corrected chi connectivity index (χ3v) is 4.98. The molecule has 1 aromatic carbocycles. The van der Waals surface area contributed by atoms with Gasteiger partial charge >= 0.3 is 0 Å². The van der Waals surface area contributed by atoms with Crippen molar-refractivity contribution in [1.82, 2.24) is 5.32 Å². The summed E-state index contributed by atoms with van der Waals surface area (Å²) < 4.78 is 40.4. The molecule has 7 nitrogen and oxygen atoms in total. The van der Waals surface area contributed by atoms with Crippen molar-refractivity contribution < 1.29 is 22.6 Å². The predicted molar refractivity (Wildman–Crippen MR) is 103 cm³/mol. The highest BCUT2D eigenvalue weighted by Crippen LogP contribution is 2.27. The van der Waals surface area contributed by atoms with Crippen LogP contribution in [-0.2, 0) is 14.8 Å². The summed E-state index contributed by atoms with van der Waals surface area (Å²) in [7, 11) is -2.40. The molecule has 0 aromatic heterocycles. The fourth-order valence-electron chi connectivity index (χ4n) is 2.62. The van der Waals surface area contributed by atoms with E-state index in [0.717, 1.165) is 0 Å². The van der Waals surface area contributed by atoms with E-state index in [1.165, 1.54) is 13.2 Å². The topological polar surface area (TPSA) is 99.9 Å². The van der Waals surface area contributed by atoms with Gasteiger partial charge in [-0.1, -0.05) is 30.4 Å². The second-order valence-corrected chi connectivity index (χ2v) is 7.09. The molecule has 0 fully saturated rings. The number of rotatable bonds is 9. The standard InChI is InChI=1S/C17H24N2O5S.ClH/c1-3-23-14-8-4-5-9-15(14)24-13-12-19-17(22-2)11-7-6-10-16(17)25(18,20)21;/h4-11,16,19H,3,12-13H2,1-2H3,(H2,18,20,21);1H. The highest BCUT2D eigenvalue weighted by molar-refractivity contribution is 7.90. The Hall–Kier alpha value is -1.58. The van der Waals surface area contributed by atoms with Crippen LogP contribution in [0.1, 0.15) is 6.92 Å². The molecule has 0 heterocycles. The summed E-state index contributed by atoms with van der Waals surface area (Å²) in [5.74, 6) is 1.29. The molecule has 3 N–H and O–H groups in total. The van der Waals surface area contributed by atoms with Crippen LogP contribution < -0.4 is 19.9 Å². The van der Waals surface area contributed by atoms with Gasteiger partial charge in [0.05, 0.1) is 6.61 Å². The van der Waals surface area contributed by atoms with E-state index in [-0.39, 0.29) is 12.4 Å². The molecule has 0 spiro atoms. The van der Waals surface area contributed by atoms with Crippen LogP contribution in [0.5, 0.6) is 11.5 Å². The quantitative estimate of drug-likeness (QED) is 0.479. The van der Waals surface area contributed by atoms with Gasteiger partial charge in [0.2, 0.25) is 10.0 Å². The zero-order chi connectivity index (χ0) is 18.3. The van der Waals surface area contributed by atoms with E-state index < -0.39 is 21.0 Å². The molecule has 2 atom stereocenters. The molecular formula is C17H25ClN2O5S. The Balaban J connectivity index is 0.00000338. The van der Waals surface area contributed by atoms with Crippen molar-refractivity contribution in [3.63, 3.8) is 0 Å². The van der Waals surface area contributed by atoms with Crippen LogP contribution in [0.15, 0.2) is 48.6 Å². The summed E-state index contributed by atoms with van der Waals surface area (Å²) >= 11 is 0. The third kappa shape index (κ3) is 5.46. The molecule has 9 heteroatoms. The molecule has 0 saturated carbocycles. The van der Waals surface area contributed by atoms with Gasteiger partial charge in [-0.05, 0) is 25.1 Å². The molecule has 0 saturated heterocycles. The number of sulfonamides is 1. The van der Waals surface area contributed by atoms with Crippen LogP contribution in [-0.4, -0.2) is 46.3 Å². The van der Waals surface area contributed by atoms with Gasteiger partial charge in [0.25, 0.3) is 0 Å². The summed E-state index contributed by atoms with van der Waals surface area (Å²) in [6.07, 6.45) is 6.47. The van der Waals surface area contributed by atoms with Crippen molar-refractivity contribution in [3.05, 3.63) is 48.6 Å². The third-order valence-electron chi connectivity index (χ3n) is 3.77. The first-order chi connectivity index (χ1) is 11.9. The molecule has 2 rings (SSSR count). The van der Waals surface area contributed by atoms with Crippen molar-refractivity contribution in [2.24, 2.45) is 5.14 Å². The Morgan fingerprint density at radius 1 is 1.19 bits per heavy atom. The average molecular weight is 405 g/mol. The van der Waals surface area contributed by atoms with Crippen LogP contribution in [0.4, 0.5) is 0 Å².